The van der Waals surface area contributed by atoms with Crippen molar-refractivity contribution in [1.82, 2.24) is 4.98 Å². The van der Waals surface area contributed by atoms with Crippen LogP contribution in [-0.2, 0) is 11.2 Å². The molecule has 1 aliphatic carbocycles. The summed E-state index contributed by atoms with van der Waals surface area (Å²) in [5.74, 6) is -0.0775. The van der Waals surface area contributed by atoms with Gasteiger partial charge in [0.25, 0.3) is 0 Å². The Hall–Kier alpha value is -2.86. The summed E-state index contributed by atoms with van der Waals surface area (Å²) in [4.78, 5) is 19.5. The molecule has 0 bridgehead atoms. The topological polar surface area (TPSA) is 71.2 Å². The van der Waals surface area contributed by atoms with Crippen LogP contribution in [0.3, 0.4) is 0 Å². The largest absolute Gasteiger partial charge is 0.378 e. The fourth-order valence-electron chi connectivity index (χ4n) is 3.36. The van der Waals surface area contributed by atoms with Crippen LogP contribution >= 0.6 is 11.3 Å². The molecule has 0 spiro atoms. The number of nitrogen functional groups attached to an aromatic ring is 1. The maximum absolute atomic E-state index is 11.7. The first-order chi connectivity index (χ1) is 12.4. The molecule has 0 saturated carbocycles. The number of carbonyl (C=O) groups excluding carboxylic acids is 1. The summed E-state index contributed by atoms with van der Waals surface area (Å²) in [5, 5.41) is 3.58. The molecule has 5 nitrogen and oxygen atoms in total. The third-order valence-electron chi connectivity index (χ3n) is 4.57. The minimum atomic E-state index is -0.0775. The molecule has 1 aromatic heterocycles. The SMILES string of the molecule is CC(=O)Nc1cc2c(cc1-c1ccc(N(C)C)cc1)-c1nc(N)sc1C2. The molecule has 1 heterocycles. The number of aromatic nitrogens is 1. The fraction of sp³-hybridized carbons (Fsp3) is 0.200. The van der Waals surface area contributed by atoms with E-state index >= 15 is 0 Å². The van der Waals surface area contributed by atoms with Crippen molar-refractivity contribution in [3.8, 4) is 22.4 Å². The van der Waals surface area contributed by atoms with E-state index < -0.39 is 0 Å². The third kappa shape index (κ3) is 2.82. The molecular weight excluding hydrogens is 344 g/mol. The number of hydrogen-bond acceptors (Lipinski definition) is 5. The molecule has 3 aromatic rings. The molecule has 1 aliphatic rings. The summed E-state index contributed by atoms with van der Waals surface area (Å²) >= 11 is 1.53. The fourth-order valence-corrected chi connectivity index (χ4v) is 4.22. The first-order valence-corrected chi connectivity index (χ1v) is 9.22. The van der Waals surface area contributed by atoms with Crippen molar-refractivity contribution in [2.75, 3.05) is 30.0 Å². The number of nitrogens with one attached hydrogen (secondary N) is 1. The molecule has 0 fully saturated rings. The van der Waals surface area contributed by atoms with Crippen molar-refractivity contribution in [2.45, 2.75) is 13.3 Å². The number of carbonyl (C=O) groups is 1. The lowest BCUT2D eigenvalue weighted by atomic mass is 9.97. The summed E-state index contributed by atoms with van der Waals surface area (Å²) in [5.41, 5.74) is 13.1. The third-order valence-corrected chi connectivity index (χ3v) is 5.45. The molecular formula is C20H20N4OS. The first-order valence-electron chi connectivity index (χ1n) is 8.40. The van der Waals surface area contributed by atoms with Gasteiger partial charge in [0, 0.05) is 54.8 Å². The van der Waals surface area contributed by atoms with Crippen LogP contribution in [0.5, 0.6) is 0 Å². The lowest BCUT2D eigenvalue weighted by Crippen LogP contribution is -2.09. The van der Waals surface area contributed by atoms with Gasteiger partial charge in [-0.3, -0.25) is 4.79 Å². The molecule has 4 rings (SSSR count). The lowest BCUT2D eigenvalue weighted by molar-refractivity contribution is -0.114. The van der Waals surface area contributed by atoms with Crippen LogP contribution in [0.4, 0.5) is 16.5 Å². The number of anilines is 3. The zero-order valence-corrected chi connectivity index (χ0v) is 15.8. The van der Waals surface area contributed by atoms with Crippen LogP contribution in [-0.4, -0.2) is 25.0 Å². The van der Waals surface area contributed by atoms with Gasteiger partial charge in [-0.1, -0.05) is 12.1 Å². The predicted octanol–water partition coefficient (Wildman–Crippen LogP) is 3.99. The van der Waals surface area contributed by atoms with E-state index in [4.69, 9.17) is 5.73 Å². The van der Waals surface area contributed by atoms with Crippen molar-refractivity contribution in [3.05, 3.63) is 46.8 Å². The van der Waals surface area contributed by atoms with Crippen molar-refractivity contribution in [3.63, 3.8) is 0 Å². The first kappa shape index (κ1) is 16.6. The van der Waals surface area contributed by atoms with Crippen LogP contribution in [0.25, 0.3) is 22.4 Å². The summed E-state index contributed by atoms with van der Waals surface area (Å²) in [7, 11) is 4.03. The monoisotopic (exact) mass is 364 g/mol. The molecule has 1 amide bonds. The number of rotatable bonds is 3. The number of fused-ring (bicyclic) bond motifs is 3. The minimum absolute atomic E-state index is 0.0775. The number of nitrogens with two attached hydrogens (primary N) is 1. The maximum atomic E-state index is 11.7. The molecule has 2 aromatic carbocycles. The zero-order valence-electron chi connectivity index (χ0n) is 15.0. The van der Waals surface area contributed by atoms with Crippen LogP contribution < -0.4 is 16.0 Å². The van der Waals surface area contributed by atoms with Gasteiger partial charge in [0.1, 0.15) is 0 Å². The van der Waals surface area contributed by atoms with Crippen molar-refractivity contribution in [1.29, 1.82) is 0 Å². The molecule has 0 unspecified atom stereocenters. The molecule has 0 atom stereocenters. The second-order valence-electron chi connectivity index (χ2n) is 6.68. The highest BCUT2D eigenvalue weighted by atomic mass is 32.1. The normalized spacial score (nSPS) is 11.8. The molecule has 6 heteroatoms. The Bertz CT molecular complexity index is 1010. The average Bonchev–Trinajstić information content (AvgIpc) is 3.09. The van der Waals surface area contributed by atoms with E-state index in [0.29, 0.717) is 5.13 Å². The zero-order chi connectivity index (χ0) is 18.4. The van der Waals surface area contributed by atoms with Crippen LogP contribution in [0.2, 0.25) is 0 Å². The Balaban J connectivity index is 1.85. The molecule has 132 valence electrons. The Morgan fingerprint density at radius 3 is 2.58 bits per heavy atom. The summed E-state index contributed by atoms with van der Waals surface area (Å²) < 4.78 is 0. The highest BCUT2D eigenvalue weighted by Gasteiger charge is 2.25. The van der Waals surface area contributed by atoms with Gasteiger partial charge in [0.15, 0.2) is 5.13 Å². The standard InChI is InChI=1S/C20H20N4OS/c1-11(25)22-17-8-13-9-18-19(23-20(21)26-18)16(13)10-15(17)12-4-6-14(7-5-12)24(2)3/h4-8,10H,9H2,1-3H3,(H2,21,23)(H,22,25). The summed E-state index contributed by atoms with van der Waals surface area (Å²) in [6, 6.07) is 12.5. The molecule has 0 radical (unpaired) electrons. The van der Waals surface area contributed by atoms with Crippen molar-refractivity contribution in [2.24, 2.45) is 0 Å². The number of benzene rings is 2. The second-order valence-corrected chi connectivity index (χ2v) is 7.79. The maximum Gasteiger partial charge on any atom is 0.221 e. The number of nitrogens with zero attached hydrogens (tertiary/aromatic N) is 2. The lowest BCUT2D eigenvalue weighted by Gasteiger charge is -2.16. The van der Waals surface area contributed by atoms with Gasteiger partial charge in [0.2, 0.25) is 5.91 Å². The van der Waals surface area contributed by atoms with Crippen LogP contribution in [0.15, 0.2) is 36.4 Å². The number of thiazole rings is 1. The van der Waals surface area contributed by atoms with Crippen LogP contribution in [0, 0.1) is 0 Å². The Kier molecular flexibility index (Phi) is 3.92. The van der Waals surface area contributed by atoms with Gasteiger partial charge in [-0.05, 0) is 35.4 Å². The van der Waals surface area contributed by atoms with Crippen molar-refractivity contribution < 1.29 is 4.79 Å². The van der Waals surface area contributed by atoms with Crippen molar-refractivity contribution >= 4 is 33.8 Å². The highest BCUT2D eigenvalue weighted by molar-refractivity contribution is 7.15. The number of hydrogen-bond donors (Lipinski definition) is 2. The van der Waals surface area contributed by atoms with E-state index in [1.165, 1.54) is 28.7 Å². The van der Waals surface area contributed by atoms with E-state index in [2.05, 4.69) is 51.6 Å². The summed E-state index contributed by atoms with van der Waals surface area (Å²) in [6.07, 6.45) is 0.811. The van der Waals surface area contributed by atoms with Gasteiger partial charge < -0.3 is 16.0 Å². The van der Waals surface area contributed by atoms with E-state index in [-0.39, 0.29) is 5.91 Å². The molecule has 26 heavy (non-hydrogen) atoms. The van der Waals surface area contributed by atoms with E-state index in [1.807, 2.05) is 14.1 Å². The Morgan fingerprint density at radius 2 is 1.92 bits per heavy atom. The summed E-state index contributed by atoms with van der Waals surface area (Å²) in [6.45, 7) is 1.53. The van der Waals surface area contributed by atoms with Gasteiger partial charge in [0.05, 0.1) is 5.69 Å². The second kappa shape index (κ2) is 6.14. The molecule has 3 N–H and O–H groups in total. The van der Waals surface area contributed by atoms with E-state index in [1.54, 1.807) is 0 Å². The van der Waals surface area contributed by atoms with E-state index in [0.717, 1.165) is 40.2 Å². The minimum Gasteiger partial charge on any atom is -0.378 e. The van der Waals surface area contributed by atoms with E-state index in [9.17, 15) is 4.79 Å². The Morgan fingerprint density at radius 1 is 1.19 bits per heavy atom. The van der Waals surface area contributed by atoms with Gasteiger partial charge >= 0.3 is 0 Å². The average molecular weight is 364 g/mol. The van der Waals surface area contributed by atoms with Crippen LogP contribution in [0.1, 0.15) is 17.4 Å². The van der Waals surface area contributed by atoms with Gasteiger partial charge in [-0.2, -0.15) is 0 Å². The highest BCUT2D eigenvalue weighted by Crippen LogP contribution is 2.44. The smallest absolute Gasteiger partial charge is 0.221 e. The molecule has 0 saturated heterocycles. The van der Waals surface area contributed by atoms with Gasteiger partial charge in [-0.25, -0.2) is 4.98 Å². The van der Waals surface area contributed by atoms with Gasteiger partial charge in [-0.15, -0.1) is 11.3 Å². The Labute approximate surface area is 156 Å². The predicted molar refractivity (Wildman–Crippen MR) is 109 cm³/mol. The quantitative estimate of drug-likeness (QED) is 0.577. The molecule has 0 aliphatic heterocycles. The number of amides is 1.